The highest BCUT2D eigenvalue weighted by Gasteiger charge is 2.19. The number of methoxy groups -OCH3 is 4. The monoisotopic (exact) mass is 460 g/mol. The van der Waals surface area contributed by atoms with Crippen LogP contribution in [-0.2, 0) is 16.1 Å². The van der Waals surface area contributed by atoms with E-state index in [0.717, 1.165) is 4.70 Å². The third-order valence-corrected chi connectivity index (χ3v) is 5.63. The van der Waals surface area contributed by atoms with Crippen molar-refractivity contribution in [2.24, 2.45) is 4.99 Å². The number of fused-ring (bicyclic) bond motifs is 1. The zero-order chi connectivity index (χ0) is 23.3. The Kier molecular flexibility index (Phi) is 7.37. The summed E-state index contributed by atoms with van der Waals surface area (Å²) in [5.41, 5.74) is 0.899. The second-order valence-electron chi connectivity index (χ2n) is 6.41. The van der Waals surface area contributed by atoms with Gasteiger partial charge in [0.1, 0.15) is 17.8 Å². The second kappa shape index (κ2) is 10.2. The molecule has 0 aliphatic carbocycles. The highest BCUT2D eigenvalue weighted by atomic mass is 32.1. The maximum Gasteiger partial charge on any atom is 0.326 e. The number of rotatable bonds is 8. The van der Waals surface area contributed by atoms with Crippen molar-refractivity contribution >= 4 is 33.4 Å². The lowest BCUT2D eigenvalue weighted by molar-refractivity contribution is -0.143. The maximum absolute atomic E-state index is 13.1. The average Bonchev–Trinajstić information content (AvgIpc) is 3.14. The molecule has 0 spiro atoms. The predicted octanol–water partition coefficient (Wildman–Crippen LogP) is 3.04. The van der Waals surface area contributed by atoms with Gasteiger partial charge in [-0.2, -0.15) is 4.99 Å². The first kappa shape index (κ1) is 23.1. The highest BCUT2D eigenvalue weighted by molar-refractivity contribution is 7.16. The van der Waals surface area contributed by atoms with E-state index in [9.17, 15) is 9.59 Å². The van der Waals surface area contributed by atoms with Crippen LogP contribution in [0.3, 0.4) is 0 Å². The topological polar surface area (TPSA) is 97.6 Å². The molecule has 0 saturated carbocycles. The SMILES string of the molecule is CCOC(=O)Cn1c(=NC(=O)c2cc(OC)c(OC)c(OC)c2)sc2cccc(OC)c21. The van der Waals surface area contributed by atoms with Crippen LogP contribution in [0.1, 0.15) is 17.3 Å². The Labute approximate surface area is 188 Å². The fourth-order valence-electron chi connectivity index (χ4n) is 3.19. The lowest BCUT2D eigenvalue weighted by Gasteiger charge is -2.12. The Morgan fingerprint density at radius 3 is 2.19 bits per heavy atom. The molecule has 0 atom stereocenters. The van der Waals surface area contributed by atoms with Gasteiger partial charge in [-0.3, -0.25) is 9.59 Å². The molecule has 3 rings (SSSR count). The first-order valence-corrected chi connectivity index (χ1v) is 10.5. The molecule has 0 aliphatic rings. The van der Waals surface area contributed by atoms with Gasteiger partial charge in [0.05, 0.1) is 39.7 Å². The van der Waals surface area contributed by atoms with E-state index in [1.165, 1.54) is 44.8 Å². The molecule has 0 radical (unpaired) electrons. The van der Waals surface area contributed by atoms with E-state index < -0.39 is 11.9 Å². The standard InChI is InChI=1S/C22H24N2O7S/c1-6-31-18(25)12-24-19-14(27-2)8-7-9-17(19)32-22(24)23-21(26)13-10-15(28-3)20(30-5)16(11-13)29-4/h7-11H,6,12H2,1-5H3. The minimum Gasteiger partial charge on any atom is -0.495 e. The van der Waals surface area contributed by atoms with Crippen molar-refractivity contribution in [3.05, 3.63) is 40.7 Å². The Morgan fingerprint density at radius 2 is 1.62 bits per heavy atom. The van der Waals surface area contributed by atoms with Gasteiger partial charge in [-0.25, -0.2) is 0 Å². The summed E-state index contributed by atoms with van der Waals surface area (Å²) in [6, 6.07) is 8.53. The number of benzene rings is 2. The zero-order valence-corrected chi connectivity index (χ0v) is 19.3. The Hall–Kier alpha value is -3.53. The van der Waals surface area contributed by atoms with Crippen molar-refractivity contribution in [3.8, 4) is 23.0 Å². The molecule has 0 unspecified atom stereocenters. The molecule has 9 nitrogen and oxygen atoms in total. The number of nitrogens with zero attached hydrogens (tertiary/aromatic N) is 2. The van der Waals surface area contributed by atoms with E-state index >= 15 is 0 Å². The fourth-order valence-corrected chi connectivity index (χ4v) is 4.23. The number of esters is 1. The van der Waals surface area contributed by atoms with E-state index in [1.54, 1.807) is 24.7 Å². The number of carbonyl (C=O) groups excluding carboxylic acids is 2. The summed E-state index contributed by atoms with van der Waals surface area (Å²) in [6.07, 6.45) is 0. The number of carbonyl (C=O) groups is 2. The minimum atomic E-state index is -0.535. The van der Waals surface area contributed by atoms with Gasteiger partial charge in [-0.15, -0.1) is 0 Å². The van der Waals surface area contributed by atoms with Gasteiger partial charge < -0.3 is 28.3 Å². The number of para-hydroxylation sites is 1. The van der Waals surface area contributed by atoms with Crippen LogP contribution >= 0.6 is 11.3 Å². The Morgan fingerprint density at radius 1 is 0.969 bits per heavy atom. The van der Waals surface area contributed by atoms with Crippen LogP contribution in [0.5, 0.6) is 23.0 Å². The molecule has 1 heterocycles. The molecule has 0 saturated heterocycles. The first-order chi connectivity index (χ1) is 15.5. The number of aromatic nitrogens is 1. The number of thiazole rings is 1. The summed E-state index contributed by atoms with van der Waals surface area (Å²) >= 11 is 1.26. The maximum atomic E-state index is 13.1. The van der Waals surface area contributed by atoms with Gasteiger partial charge in [0.25, 0.3) is 5.91 Å². The molecule has 3 aromatic rings. The van der Waals surface area contributed by atoms with Crippen molar-refractivity contribution in [2.45, 2.75) is 13.5 Å². The summed E-state index contributed by atoms with van der Waals surface area (Å²) in [4.78, 5) is 29.9. The van der Waals surface area contributed by atoms with Crippen molar-refractivity contribution in [2.75, 3.05) is 35.0 Å². The molecule has 0 N–H and O–H groups in total. The summed E-state index contributed by atoms with van der Waals surface area (Å²) in [5, 5.41) is 0. The molecule has 10 heteroatoms. The first-order valence-electron chi connectivity index (χ1n) is 9.68. The zero-order valence-electron chi connectivity index (χ0n) is 18.5. The molecule has 1 amide bonds. The molecule has 2 aromatic carbocycles. The quantitative estimate of drug-likeness (QED) is 0.477. The number of hydrogen-bond donors (Lipinski definition) is 0. The third-order valence-electron chi connectivity index (χ3n) is 4.59. The highest BCUT2D eigenvalue weighted by Crippen LogP contribution is 2.38. The minimum absolute atomic E-state index is 0.115. The lowest BCUT2D eigenvalue weighted by atomic mass is 10.1. The van der Waals surface area contributed by atoms with Gasteiger partial charge in [-0.1, -0.05) is 17.4 Å². The smallest absolute Gasteiger partial charge is 0.326 e. The third kappa shape index (κ3) is 4.54. The Bertz CT molecular complexity index is 1190. The van der Waals surface area contributed by atoms with Crippen molar-refractivity contribution < 1.29 is 33.3 Å². The van der Waals surface area contributed by atoms with E-state index in [4.69, 9.17) is 23.7 Å². The molecule has 0 bridgehead atoms. The summed E-state index contributed by atoms with van der Waals surface area (Å²) in [5.74, 6) is 0.623. The number of amides is 1. The van der Waals surface area contributed by atoms with Crippen LogP contribution in [-0.4, -0.2) is 51.5 Å². The Balaban J connectivity index is 2.17. The van der Waals surface area contributed by atoms with Crippen LogP contribution in [0.25, 0.3) is 10.2 Å². The lowest BCUT2D eigenvalue weighted by Crippen LogP contribution is -2.23. The number of hydrogen-bond acceptors (Lipinski definition) is 8. The molecular weight excluding hydrogens is 436 g/mol. The van der Waals surface area contributed by atoms with Crippen LogP contribution in [0.15, 0.2) is 35.3 Å². The molecule has 32 heavy (non-hydrogen) atoms. The molecule has 0 fully saturated rings. The fraction of sp³-hybridized carbons (Fsp3) is 0.318. The van der Waals surface area contributed by atoms with Crippen LogP contribution < -0.4 is 23.7 Å². The van der Waals surface area contributed by atoms with Gasteiger partial charge in [0.15, 0.2) is 16.3 Å². The van der Waals surface area contributed by atoms with Crippen LogP contribution in [0.2, 0.25) is 0 Å². The van der Waals surface area contributed by atoms with Gasteiger partial charge in [0, 0.05) is 5.56 Å². The molecular formula is C22H24N2O7S. The van der Waals surface area contributed by atoms with E-state index in [2.05, 4.69) is 4.99 Å². The average molecular weight is 461 g/mol. The molecule has 1 aromatic heterocycles. The summed E-state index contributed by atoms with van der Waals surface area (Å²) < 4.78 is 28.9. The summed E-state index contributed by atoms with van der Waals surface area (Å²) in [6.45, 7) is 1.86. The van der Waals surface area contributed by atoms with E-state index in [0.29, 0.717) is 33.3 Å². The van der Waals surface area contributed by atoms with E-state index in [-0.39, 0.29) is 18.7 Å². The van der Waals surface area contributed by atoms with Gasteiger partial charge >= 0.3 is 5.97 Å². The molecule has 170 valence electrons. The predicted molar refractivity (Wildman–Crippen MR) is 119 cm³/mol. The summed E-state index contributed by atoms with van der Waals surface area (Å²) in [7, 11) is 5.96. The second-order valence-corrected chi connectivity index (χ2v) is 7.42. The van der Waals surface area contributed by atoms with Crippen molar-refractivity contribution in [1.82, 2.24) is 4.57 Å². The number of ether oxygens (including phenoxy) is 5. The van der Waals surface area contributed by atoms with Crippen LogP contribution in [0, 0.1) is 0 Å². The normalized spacial score (nSPS) is 11.3. The van der Waals surface area contributed by atoms with Crippen molar-refractivity contribution in [1.29, 1.82) is 0 Å². The van der Waals surface area contributed by atoms with Crippen molar-refractivity contribution in [3.63, 3.8) is 0 Å². The van der Waals surface area contributed by atoms with Gasteiger partial charge in [0.2, 0.25) is 5.75 Å². The largest absolute Gasteiger partial charge is 0.495 e. The van der Waals surface area contributed by atoms with E-state index in [1.807, 2.05) is 12.1 Å². The van der Waals surface area contributed by atoms with Crippen LogP contribution in [0.4, 0.5) is 0 Å². The molecule has 0 aliphatic heterocycles. The van der Waals surface area contributed by atoms with Gasteiger partial charge in [-0.05, 0) is 31.2 Å².